The number of nitrogens with zero attached hydrogens (tertiary/aromatic N) is 3. The number of aromatic nitrogens is 2. The molecule has 2 N–H and O–H groups in total. The van der Waals surface area contributed by atoms with Gasteiger partial charge in [0.2, 0.25) is 0 Å². The van der Waals surface area contributed by atoms with Gasteiger partial charge in [-0.1, -0.05) is 6.92 Å². The van der Waals surface area contributed by atoms with Gasteiger partial charge in [0.1, 0.15) is 5.54 Å². The Morgan fingerprint density at radius 3 is 2.87 bits per heavy atom. The third-order valence-electron chi connectivity index (χ3n) is 2.78. The minimum absolute atomic E-state index is 0.666. The molecule has 0 saturated heterocycles. The number of hydrogen-bond acceptors (Lipinski definition) is 3. The lowest BCUT2D eigenvalue weighted by Crippen LogP contribution is -2.37. The Morgan fingerprint density at radius 2 is 2.40 bits per heavy atom. The van der Waals surface area contributed by atoms with Crippen molar-refractivity contribution in [3.05, 3.63) is 18.0 Å². The molecule has 4 nitrogen and oxygen atoms in total. The molecule has 1 unspecified atom stereocenters. The molecule has 0 fully saturated rings. The zero-order chi connectivity index (χ0) is 11.3. The molecule has 0 radical (unpaired) electrons. The lowest BCUT2D eigenvalue weighted by Gasteiger charge is -2.18. The molecule has 0 aliphatic carbocycles. The van der Waals surface area contributed by atoms with Crippen LogP contribution in [0.4, 0.5) is 0 Å². The molecule has 0 aliphatic rings. The van der Waals surface area contributed by atoms with Gasteiger partial charge in [-0.15, -0.1) is 0 Å². The second kappa shape index (κ2) is 4.94. The molecule has 1 atom stereocenters. The highest BCUT2D eigenvalue weighted by Gasteiger charge is 2.21. The first kappa shape index (κ1) is 11.7. The van der Waals surface area contributed by atoms with E-state index in [1.807, 2.05) is 24.6 Å². The molecule has 0 bridgehead atoms. The summed E-state index contributed by atoms with van der Waals surface area (Å²) in [6, 6.07) is 4.14. The van der Waals surface area contributed by atoms with E-state index >= 15 is 0 Å². The van der Waals surface area contributed by atoms with Gasteiger partial charge in [0.25, 0.3) is 0 Å². The fourth-order valence-corrected chi connectivity index (χ4v) is 1.49. The number of nitriles is 1. The highest BCUT2D eigenvalue weighted by atomic mass is 15.3. The summed E-state index contributed by atoms with van der Waals surface area (Å²) in [5.74, 6) is 0. The van der Waals surface area contributed by atoms with E-state index < -0.39 is 5.54 Å². The summed E-state index contributed by atoms with van der Waals surface area (Å²) in [6.07, 6.45) is 4.09. The third-order valence-corrected chi connectivity index (χ3v) is 2.78. The Kier molecular flexibility index (Phi) is 3.87. The van der Waals surface area contributed by atoms with Gasteiger partial charge in [-0.25, -0.2) is 0 Å². The summed E-state index contributed by atoms with van der Waals surface area (Å²) < 4.78 is 1.94. The van der Waals surface area contributed by atoms with Crippen LogP contribution in [0, 0.1) is 18.3 Å². The summed E-state index contributed by atoms with van der Waals surface area (Å²) in [6.45, 7) is 4.80. The van der Waals surface area contributed by atoms with Gasteiger partial charge >= 0.3 is 0 Å². The van der Waals surface area contributed by atoms with Crippen molar-refractivity contribution in [3.8, 4) is 6.07 Å². The molecule has 0 amide bonds. The van der Waals surface area contributed by atoms with Crippen molar-refractivity contribution in [1.29, 1.82) is 5.26 Å². The minimum Gasteiger partial charge on any atom is -0.313 e. The van der Waals surface area contributed by atoms with E-state index in [1.54, 1.807) is 6.20 Å². The zero-order valence-electron chi connectivity index (χ0n) is 9.40. The van der Waals surface area contributed by atoms with Gasteiger partial charge in [0.05, 0.1) is 6.07 Å². The van der Waals surface area contributed by atoms with Crippen molar-refractivity contribution >= 4 is 0 Å². The smallest absolute Gasteiger partial charge is 0.104 e. The maximum Gasteiger partial charge on any atom is 0.104 e. The summed E-state index contributed by atoms with van der Waals surface area (Å²) in [5.41, 5.74) is 6.36. The van der Waals surface area contributed by atoms with Crippen molar-refractivity contribution in [3.63, 3.8) is 0 Å². The van der Waals surface area contributed by atoms with Gasteiger partial charge < -0.3 is 5.73 Å². The fraction of sp³-hybridized carbons (Fsp3) is 0.636. The number of rotatable bonds is 5. The highest BCUT2D eigenvalue weighted by molar-refractivity contribution is 5.03. The number of nitrogens with two attached hydrogens (primary N) is 1. The summed E-state index contributed by atoms with van der Waals surface area (Å²) >= 11 is 0. The highest BCUT2D eigenvalue weighted by Crippen LogP contribution is 2.13. The molecule has 1 aromatic heterocycles. The van der Waals surface area contributed by atoms with E-state index in [0.29, 0.717) is 6.42 Å². The van der Waals surface area contributed by atoms with E-state index in [-0.39, 0.29) is 0 Å². The van der Waals surface area contributed by atoms with Crippen molar-refractivity contribution in [1.82, 2.24) is 9.78 Å². The molecular formula is C11H18N4. The van der Waals surface area contributed by atoms with Crippen LogP contribution in [0.3, 0.4) is 0 Å². The van der Waals surface area contributed by atoms with Gasteiger partial charge in [-0.3, -0.25) is 4.68 Å². The van der Waals surface area contributed by atoms with E-state index in [0.717, 1.165) is 25.1 Å². The quantitative estimate of drug-likeness (QED) is 0.795. The van der Waals surface area contributed by atoms with Crippen LogP contribution >= 0.6 is 0 Å². The van der Waals surface area contributed by atoms with E-state index in [4.69, 9.17) is 11.0 Å². The standard InChI is InChI=1S/C11H18N4/c1-3-11(13,9-12)6-4-8-15-10(2)5-7-14-15/h5,7H,3-4,6,8,13H2,1-2H3. The molecule has 0 saturated carbocycles. The van der Waals surface area contributed by atoms with E-state index in [9.17, 15) is 0 Å². The Bertz CT molecular complexity index is 350. The van der Waals surface area contributed by atoms with Crippen molar-refractivity contribution < 1.29 is 0 Å². The minimum atomic E-state index is -0.666. The molecule has 4 heteroatoms. The molecule has 0 aromatic carbocycles. The van der Waals surface area contributed by atoms with Gasteiger partial charge in [0.15, 0.2) is 0 Å². The topological polar surface area (TPSA) is 67.6 Å². The number of hydrogen-bond donors (Lipinski definition) is 1. The van der Waals surface area contributed by atoms with Gasteiger partial charge in [-0.05, 0) is 32.3 Å². The number of aryl methyl sites for hydroxylation is 2. The molecule has 1 aromatic rings. The largest absolute Gasteiger partial charge is 0.313 e. The molecule has 82 valence electrons. The van der Waals surface area contributed by atoms with Crippen LogP contribution in [0.2, 0.25) is 0 Å². The van der Waals surface area contributed by atoms with Crippen LogP contribution in [0.15, 0.2) is 12.3 Å². The van der Waals surface area contributed by atoms with E-state index in [2.05, 4.69) is 11.2 Å². The van der Waals surface area contributed by atoms with Crippen molar-refractivity contribution in [2.24, 2.45) is 5.73 Å². The van der Waals surface area contributed by atoms with Crippen LogP contribution in [0.25, 0.3) is 0 Å². The summed E-state index contributed by atoms with van der Waals surface area (Å²) in [7, 11) is 0. The molecule has 0 aliphatic heterocycles. The first-order chi connectivity index (χ1) is 7.11. The van der Waals surface area contributed by atoms with E-state index in [1.165, 1.54) is 0 Å². The van der Waals surface area contributed by atoms with Crippen LogP contribution in [0.5, 0.6) is 0 Å². The molecule has 1 heterocycles. The van der Waals surface area contributed by atoms with Crippen LogP contribution in [-0.4, -0.2) is 15.3 Å². The van der Waals surface area contributed by atoms with Crippen LogP contribution < -0.4 is 5.73 Å². The Morgan fingerprint density at radius 1 is 1.67 bits per heavy atom. The second-order valence-electron chi connectivity index (χ2n) is 3.92. The van der Waals surface area contributed by atoms with Crippen LogP contribution in [0.1, 0.15) is 31.9 Å². The third kappa shape index (κ3) is 3.07. The maximum absolute atomic E-state index is 8.90. The summed E-state index contributed by atoms with van der Waals surface area (Å²) in [5, 5.41) is 13.1. The lowest BCUT2D eigenvalue weighted by atomic mass is 9.93. The zero-order valence-corrected chi connectivity index (χ0v) is 9.40. The Balaban J connectivity index is 2.40. The fourth-order valence-electron chi connectivity index (χ4n) is 1.49. The second-order valence-corrected chi connectivity index (χ2v) is 3.92. The van der Waals surface area contributed by atoms with Gasteiger partial charge in [-0.2, -0.15) is 10.4 Å². The first-order valence-corrected chi connectivity index (χ1v) is 5.30. The average Bonchev–Trinajstić information content (AvgIpc) is 2.64. The van der Waals surface area contributed by atoms with Crippen molar-refractivity contribution in [2.45, 2.75) is 45.2 Å². The first-order valence-electron chi connectivity index (χ1n) is 5.30. The molecule has 0 spiro atoms. The predicted molar refractivity (Wildman–Crippen MR) is 59.0 cm³/mol. The normalized spacial score (nSPS) is 14.5. The predicted octanol–water partition coefficient (Wildman–Crippen LogP) is 1.60. The average molecular weight is 206 g/mol. The Labute approximate surface area is 90.7 Å². The van der Waals surface area contributed by atoms with Crippen LogP contribution in [-0.2, 0) is 6.54 Å². The maximum atomic E-state index is 8.90. The molecular weight excluding hydrogens is 188 g/mol. The lowest BCUT2D eigenvalue weighted by molar-refractivity contribution is 0.431. The SMILES string of the molecule is CCC(N)(C#N)CCCn1nccc1C. The molecule has 15 heavy (non-hydrogen) atoms. The monoisotopic (exact) mass is 206 g/mol. The molecule has 1 rings (SSSR count). The van der Waals surface area contributed by atoms with Crippen molar-refractivity contribution in [2.75, 3.05) is 0 Å². The summed E-state index contributed by atoms with van der Waals surface area (Å²) in [4.78, 5) is 0. The Hall–Kier alpha value is -1.34. The van der Waals surface area contributed by atoms with Gasteiger partial charge in [0, 0.05) is 18.4 Å².